The highest BCUT2D eigenvalue weighted by molar-refractivity contribution is 5.99. The molecule has 122 valence electrons. The smallest absolute Gasteiger partial charge is 0.417 e. The first-order valence-corrected chi connectivity index (χ1v) is 5.60. The van der Waals surface area contributed by atoms with Gasteiger partial charge in [0.05, 0.1) is 5.69 Å². The van der Waals surface area contributed by atoms with Gasteiger partial charge in [-0.2, -0.15) is 13.2 Å². The lowest BCUT2D eigenvalue weighted by atomic mass is 10.2. The number of carbonyl (C=O) groups is 2. The number of alkyl halides is 3. The number of amides is 2. The lowest BCUT2D eigenvalue weighted by Gasteiger charge is -2.20. The monoisotopic (exact) mass is 327 g/mol. The van der Waals surface area contributed by atoms with Crippen molar-refractivity contribution < 1.29 is 36.6 Å². The number of nitrogens with one attached hydrogen (secondary N) is 3. The Balaban J connectivity index is 3.12. The van der Waals surface area contributed by atoms with Gasteiger partial charge in [0.15, 0.2) is 5.82 Å². The highest BCUT2D eigenvalue weighted by Gasteiger charge is 2.46. The second kappa shape index (κ2) is 6.45. The molecule has 1 aromatic carbocycles. The molecular formula is C11H10F5N3O3. The van der Waals surface area contributed by atoms with Gasteiger partial charge in [-0.05, 0) is 6.07 Å². The van der Waals surface area contributed by atoms with Crippen molar-refractivity contribution in [1.82, 2.24) is 5.32 Å². The molecule has 6 nitrogen and oxygen atoms in total. The number of rotatable bonds is 4. The average molecular weight is 327 g/mol. The largest absolute Gasteiger partial charge is 0.465 e. The number of hydrogen-bond donors (Lipinski definition) is 4. The molecule has 0 aliphatic heterocycles. The van der Waals surface area contributed by atoms with Crippen molar-refractivity contribution in [3.8, 4) is 0 Å². The second-order valence-electron chi connectivity index (χ2n) is 3.97. The number of anilines is 2. The fourth-order valence-electron chi connectivity index (χ4n) is 1.51. The molecule has 0 aliphatic rings. The Hall–Kier alpha value is -2.59. The van der Waals surface area contributed by atoms with Crippen LogP contribution < -0.4 is 16.0 Å². The summed E-state index contributed by atoms with van der Waals surface area (Å²) < 4.78 is 64.4. The van der Waals surface area contributed by atoms with Crippen molar-refractivity contribution in [3.05, 3.63) is 23.8 Å². The molecule has 11 heteroatoms. The summed E-state index contributed by atoms with van der Waals surface area (Å²) >= 11 is 0. The van der Waals surface area contributed by atoms with Crippen LogP contribution in [-0.4, -0.2) is 36.4 Å². The highest BCUT2D eigenvalue weighted by Crippen LogP contribution is 2.28. The maximum Gasteiger partial charge on any atom is 0.417 e. The van der Waals surface area contributed by atoms with Crippen molar-refractivity contribution in [2.75, 3.05) is 17.7 Å². The molecule has 4 N–H and O–H groups in total. The number of benzene rings is 1. The summed E-state index contributed by atoms with van der Waals surface area (Å²) in [7, 11) is 1.22. The van der Waals surface area contributed by atoms with E-state index in [0.717, 1.165) is 11.4 Å². The van der Waals surface area contributed by atoms with Gasteiger partial charge in [-0.3, -0.25) is 4.79 Å². The minimum absolute atomic E-state index is 0.318. The van der Waals surface area contributed by atoms with Crippen LogP contribution in [0.25, 0.3) is 0 Å². The van der Waals surface area contributed by atoms with Crippen LogP contribution >= 0.6 is 0 Å². The second-order valence-corrected chi connectivity index (χ2v) is 3.97. The molecule has 0 saturated heterocycles. The van der Waals surface area contributed by atoms with Gasteiger partial charge in [0, 0.05) is 13.1 Å². The van der Waals surface area contributed by atoms with Crippen LogP contribution in [0.4, 0.5) is 38.1 Å². The molecule has 0 aliphatic carbocycles. The summed E-state index contributed by atoms with van der Waals surface area (Å²) in [6, 6.07) is -2.02. The van der Waals surface area contributed by atoms with E-state index in [-0.39, 0.29) is 5.69 Å². The van der Waals surface area contributed by atoms with E-state index in [9.17, 15) is 31.5 Å². The van der Waals surface area contributed by atoms with Gasteiger partial charge in [-0.25, -0.2) is 13.6 Å². The minimum atomic E-state index is -5.24. The first-order valence-electron chi connectivity index (χ1n) is 5.60. The molecule has 0 aromatic heterocycles. The first-order chi connectivity index (χ1) is 10.1. The van der Waals surface area contributed by atoms with Crippen LogP contribution in [0.1, 0.15) is 0 Å². The summed E-state index contributed by atoms with van der Waals surface area (Å²) in [4.78, 5) is 21.9. The SMILES string of the molecule is CNc1cc(F)cc(F)c1NC(=O)C(NC(=O)O)C(F)(F)F. The Bertz CT molecular complexity index is 591. The summed E-state index contributed by atoms with van der Waals surface area (Å²) in [5, 5.41) is 13.2. The molecule has 0 fully saturated rings. The normalized spacial score (nSPS) is 12.5. The molecular weight excluding hydrogens is 317 g/mol. The van der Waals surface area contributed by atoms with Gasteiger partial charge in [-0.15, -0.1) is 0 Å². The fraction of sp³-hybridized carbons (Fsp3) is 0.273. The van der Waals surface area contributed by atoms with E-state index in [1.807, 2.05) is 0 Å². The van der Waals surface area contributed by atoms with Gasteiger partial charge < -0.3 is 21.1 Å². The van der Waals surface area contributed by atoms with Gasteiger partial charge in [-0.1, -0.05) is 0 Å². The summed E-state index contributed by atoms with van der Waals surface area (Å²) in [5.41, 5.74) is -1.06. The maximum absolute atomic E-state index is 13.6. The molecule has 1 aromatic rings. The molecule has 1 atom stereocenters. The number of hydrogen-bond acceptors (Lipinski definition) is 3. The molecule has 1 rings (SSSR count). The van der Waals surface area contributed by atoms with Crippen LogP contribution in [0.15, 0.2) is 12.1 Å². The van der Waals surface area contributed by atoms with E-state index in [4.69, 9.17) is 5.11 Å². The standard InChI is InChI=1S/C11H10F5N3O3/c1-17-6-3-4(12)2-5(13)7(6)18-9(20)8(11(14,15)16)19-10(21)22/h2-3,8,17,19H,1H3,(H,18,20)(H,21,22). The Morgan fingerprint density at radius 3 is 2.27 bits per heavy atom. The zero-order valence-electron chi connectivity index (χ0n) is 10.9. The predicted molar refractivity (Wildman–Crippen MR) is 65.5 cm³/mol. The third-order valence-electron chi connectivity index (χ3n) is 2.43. The van der Waals surface area contributed by atoms with E-state index in [1.165, 1.54) is 7.05 Å². The minimum Gasteiger partial charge on any atom is -0.465 e. The molecule has 22 heavy (non-hydrogen) atoms. The molecule has 0 bridgehead atoms. The van der Waals surface area contributed by atoms with Gasteiger partial charge in [0.25, 0.3) is 5.91 Å². The molecule has 0 spiro atoms. The van der Waals surface area contributed by atoms with Crippen LogP contribution in [0.5, 0.6) is 0 Å². The van der Waals surface area contributed by atoms with Crippen LogP contribution in [0, 0.1) is 11.6 Å². The van der Waals surface area contributed by atoms with Gasteiger partial charge in [0.2, 0.25) is 6.04 Å². The third kappa shape index (κ3) is 4.20. The van der Waals surface area contributed by atoms with E-state index in [1.54, 1.807) is 5.32 Å². The maximum atomic E-state index is 13.6. The topological polar surface area (TPSA) is 90.5 Å². The Kier molecular flexibility index (Phi) is 5.12. The third-order valence-corrected chi connectivity index (χ3v) is 2.43. The number of carbonyl (C=O) groups excluding carboxylic acids is 1. The molecule has 2 amide bonds. The Morgan fingerprint density at radius 1 is 1.23 bits per heavy atom. The fourth-order valence-corrected chi connectivity index (χ4v) is 1.51. The number of halogens is 5. The van der Waals surface area contributed by atoms with Crippen molar-refractivity contribution in [2.45, 2.75) is 12.2 Å². The lowest BCUT2D eigenvalue weighted by molar-refractivity contribution is -0.164. The van der Waals surface area contributed by atoms with E-state index >= 15 is 0 Å². The molecule has 0 heterocycles. The highest BCUT2D eigenvalue weighted by atomic mass is 19.4. The van der Waals surface area contributed by atoms with Crippen molar-refractivity contribution >= 4 is 23.4 Å². The molecule has 1 unspecified atom stereocenters. The van der Waals surface area contributed by atoms with Crippen molar-refractivity contribution in [2.24, 2.45) is 0 Å². The Labute approximate surface area is 120 Å². The summed E-state index contributed by atoms with van der Waals surface area (Å²) in [5.74, 6) is -4.21. The van der Waals surface area contributed by atoms with Crippen LogP contribution in [-0.2, 0) is 4.79 Å². The zero-order valence-corrected chi connectivity index (χ0v) is 10.9. The van der Waals surface area contributed by atoms with E-state index in [2.05, 4.69) is 5.32 Å². The van der Waals surface area contributed by atoms with Crippen LogP contribution in [0.2, 0.25) is 0 Å². The van der Waals surface area contributed by atoms with E-state index in [0.29, 0.717) is 6.07 Å². The zero-order chi connectivity index (χ0) is 17.1. The summed E-state index contributed by atoms with van der Waals surface area (Å²) in [6.07, 6.45) is -7.33. The summed E-state index contributed by atoms with van der Waals surface area (Å²) in [6.45, 7) is 0. The quantitative estimate of drug-likeness (QED) is 0.638. The van der Waals surface area contributed by atoms with Crippen molar-refractivity contribution in [3.63, 3.8) is 0 Å². The van der Waals surface area contributed by atoms with Gasteiger partial charge >= 0.3 is 12.3 Å². The lowest BCUT2D eigenvalue weighted by Crippen LogP contribution is -2.52. The Morgan fingerprint density at radius 2 is 1.82 bits per heavy atom. The average Bonchev–Trinajstić information content (AvgIpc) is 2.37. The molecule has 0 saturated carbocycles. The predicted octanol–water partition coefficient (Wildman–Crippen LogP) is 2.14. The molecule has 0 radical (unpaired) electrons. The number of carboxylic acid groups (broad SMARTS) is 1. The van der Waals surface area contributed by atoms with E-state index < -0.39 is 41.5 Å². The van der Waals surface area contributed by atoms with Crippen molar-refractivity contribution in [1.29, 1.82) is 0 Å². The first kappa shape index (κ1) is 17.5. The van der Waals surface area contributed by atoms with Crippen LogP contribution in [0.3, 0.4) is 0 Å². The van der Waals surface area contributed by atoms with Gasteiger partial charge in [0.1, 0.15) is 11.5 Å².